The fourth-order valence-electron chi connectivity index (χ4n) is 9.51. The maximum Gasteiger partial charge on any atom is 0.140 e. The predicted molar refractivity (Wildman–Crippen MR) is 265 cm³/mol. The zero-order valence-corrected chi connectivity index (χ0v) is 33.2. The fourth-order valence-corrected chi connectivity index (χ4v) is 9.51. The quantitative estimate of drug-likeness (QED) is 0.173. The van der Waals surface area contributed by atoms with Crippen molar-refractivity contribution in [2.24, 2.45) is 0 Å². The van der Waals surface area contributed by atoms with Crippen LogP contribution in [-0.4, -0.2) is 18.7 Å². The van der Waals surface area contributed by atoms with Gasteiger partial charge in [0.15, 0.2) is 0 Å². The summed E-state index contributed by atoms with van der Waals surface area (Å²) in [4.78, 5) is 5.43. The van der Waals surface area contributed by atoms with E-state index >= 15 is 0 Å². The molecule has 298 valence electrons. The van der Waals surface area contributed by atoms with Crippen LogP contribution in [-0.2, 0) is 0 Å². The van der Waals surface area contributed by atoms with Gasteiger partial charge in [-0.15, -0.1) is 0 Å². The Labute approximate surface area is 389 Å². The van der Waals surface area contributed by atoms with Crippen molar-refractivity contribution >= 4 is 87.4 Å². The minimum Gasteiger partial charge on any atom is -0.456 e. The summed E-state index contributed by atoms with van der Waals surface area (Å²) in [6.45, 7) is 0. The highest BCUT2D eigenvalue weighted by molar-refractivity contribution is 6.13. The van der Waals surface area contributed by atoms with Crippen LogP contribution in [0, 0.1) is 0 Å². The Balaban J connectivity index is 1.23. The van der Waals surface area contributed by atoms with Crippen LogP contribution in [0.2, 0.25) is 0 Å². The standard InChI is InChI=1S/C59H36N4O/c1-8-24-49-40(16-1)41-17-2-9-25-50(41)61(49)38-35-48(60-58(36-38)63-53-28-12-5-20-44(53)45-21-6-13-29-54(45)63)59-39(37-32-33-47-46-22-7-14-31-56(46)64-57(47)34-37)23-15-30-55(59)62-51-26-10-3-18-42(51)43-19-4-11-27-52(43)62/h1-36H/i1D,2D,5D,6D,8D,9D,12D,13D,16D,17D,20D,21D,24D,25D,28D,29D. The van der Waals surface area contributed by atoms with Crippen molar-refractivity contribution in [1.29, 1.82) is 0 Å². The second kappa shape index (κ2) is 13.4. The molecule has 0 aliphatic heterocycles. The molecule has 5 heteroatoms. The first-order chi connectivity index (χ1) is 38.4. The molecule has 9 aromatic carbocycles. The maximum absolute atomic E-state index is 9.52. The van der Waals surface area contributed by atoms with Crippen LogP contribution in [0.5, 0.6) is 0 Å². The third-order valence-electron chi connectivity index (χ3n) is 12.2. The van der Waals surface area contributed by atoms with Crippen LogP contribution in [0.1, 0.15) is 21.9 Å². The summed E-state index contributed by atoms with van der Waals surface area (Å²) < 4.78 is 157. The average molecular weight is 833 g/mol. The molecule has 5 aromatic heterocycles. The van der Waals surface area contributed by atoms with Gasteiger partial charge in [-0.3, -0.25) is 4.57 Å². The smallest absolute Gasteiger partial charge is 0.140 e. The molecule has 64 heavy (non-hydrogen) atoms. The third kappa shape index (κ3) is 4.98. The minimum absolute atomic E-state index is 0.00700. The zero-order valence-electron chi connectivity index (χ0n) is 49.2. The number of fused-ring (bicyclic) bond motifs is 12. The topological polar surface area (TPSA) is 40.8 Å². The summed E-state index contributed by atoms with van der Waals surface area (Å²) >= 11 is 0. The molecule has 0 unspecified atom stereocenters. The maximum atomic E-state index is 9.52. The van der Waals surface area contributed by atoms with Crippen molar-refractivity contribution in [1.82, 2.24) is 18.7 Å². The van der Waals surface area contributed by atoms with E-state index in [1.807, 2.05) is 109 Å². The van der Waals surface area contributed by atoms with Gasteiger partial charge in [0, 0.05) is 54.7 Å². The Morgan fingerprint density at radius 3 is 1.55 bits per heavy atom. The van der Waals surface area contributed by atoms with E-state index in [2.05, 4.69) is 4.57 Å². The lowest BCUT2D eigenvalue weighted by Crippen LogP contribution is -2.05. The summed E-state index contributed by atoms with van der Waals surface area (Å²) in [6, 6.07) is 28.0. The Morgan fingerprint density at radius 2 is 0.922 bits per heavy atom. The van der Waals surface area contributed by atoms with Crippen LogP contribution < -0.4 is 0 Å². The van der Waals surface area contributed by atoms with E-state index in [1.165, 1.54) is 15.2 Å². The van der Waals surface area contributed by atoms with Crippen molar-refractivity contribution < 1.29 is 26.3 Å². The number of pyridine rings is 1. The van der Waals surface area contributed by atoms with Crippen LogP contribution >= 0.6 is 0 Å². The minimum atomic E-state index is -0.674. The molecule has 0 spiro atoms. The van der Waals surface area contributed by atoms with E-state index in [4.69, 9.17) is 20.4 Å². The number of hydrogen-bond acceptors (Lipinski definition) is 2. The molecule has 5 heterocycles. The van der Waals surface area contributed by atoms with Gasteiger partial charge in [0.05, 0.1) is 72.1 Å². The molecule has 0 saturated heterocycles. The highest BCUT2D eigenvalue weighted by atomic mass is 16.3. The molecule has 0 radical (unpaired) electrons. The summed E-state index contributed by atoms with van der Waals surface area (Å²) in [5.74, 6) is -0.194. The second-order valence-corrected chi connectivity index (χ2v) is 15.5. The van der Waals surface area contributed by atoms with Gasteiger partial charge < -0.3 is 13.6 Å². The number of hydrogen-bond donors (Lipinski definition) is 0. The SMILES string of the molecule is [2H]c1c([2H])c([2H])c2c(c1[2H])c1c([2H])c([2H])c([2H])c([2H])c1n2-c1cc(-c2c(-c3ccc4c(c3)oc3ccccc34)cccc2-n2c3ccccc3c3ccccc32)nc(-n2c3c([2H])c([2H])c([2H])c([2H])c3c3c([2H])c([2H])c([2H])c([2H])c32)c1. The van der Waals surface area contributed by atoms with Crippen molar-refractivity contribution in [3.8, 4) is 39.6 Å². The van der Waals surface area contributed by atoms with Gasteiger partial charge in [-0.05, 0) is 77.8 Å². The molecular formula is C59H36N4O. The van der Waals surface area contributed by atoms with E-state index in [1.54, 1.807) is 6.07 Å². The number of rotatable bonds is 5. The van der Waals surface area contributed by atoms with Gasteiger partial charge in [0.2, 0.25) is 0 Å². The molecular weight excluding hydrogens is 781 g/mol. The first kappa shape index (κ1) is 23.0. The second-order valence-electron chi connectivity index (χ2n) is 15.5. The Bertz CT molecular complexity index is 4780. The monoisotopic (exact) mass is 832 g/mol. The van der Waals surface area contributed by atoms with Gasteiger partial charge in [-0.2, -0.15) is 0 Å². The molecule has 0 aliphatic rings. The number of aromatic nitrogens is 4. The van der Waals surface area contributed by atoms with Gasteiger partial charge in [0.1, 0.15) is 17.0 Å². The fraction of sp³-hybridized carbons (Fsp3) is 0. The lowest BCUT2D eigenvalue weighted by Gasteiger charge is -2.20. The molecule has 0 atom stereocenters. The number of furan rings is 1. The summed E-state index contributed by atoms with van der Waals surface area (Å²) in [5, 5.41) is 2.74. The lowest BCUT2D eigenvalue weighted by atomic mass is 9.94. The number of benzene rings is 9. The van der Waals surface area contributed by atoms with E-state index < -0.39 is 96.7 Å². The highest BCUT2D eigenvalue weighted by Crippen LogP contribution is 2.44. The largest absolute Gasteiger partial charge is 0.456 e. The molecule has 0 N–H and O–H groups in total. The van der Waals surface area contributed by atoms with Gasteiger partial charge >= 0.3 is 0 Å². The van der Waals surface area contributed by atoms with Crippen LogP contribution in [0.15, 0.2) is 222 Å². The Morgan fingerprint density at radius 1 is 0.391 bits per heavy atom. The first-order valence-corrected chi connectivity index (χ1v) is 20.5. The number of nitrogens with zero attached hydrogens (tertiary/aromatic N) is 4. The van der Waals surface area contributed by atoms with Gasteiger partial charge in [0.25, 0.3) is 0 Å². The summed E-state index contributed by atoms with van der Waals surface area (Å²) in [6.07, 6.45) is 0. The third-order valence-corrected chi connectivity index (χ3v) is 12.2. The van der Waals surface area contributed by atoms with E-state index in [0.29, 0.717) is 33.5 Å². The molecule has 0 amide bonds. The van der Waals surface area contributed by atoms with Crippen molar-refractivity contribution in [3.63, 3.8) is 0 Å². The molecule has 14 aromatic rings. The van der Waals surface area contributed by atoms with Crippen molar-refractivity contribution in [3.05, 3.63) is 218 Å². The van der Waals surface area contributed by atoms with E-state index in [-0.39, 0.29) is 60.8 Å². The lowest BCUT2D eigenvalue weighted by molar-refractivity contribution is 0.669. The molecule has 14 rings (SSSR count). The van der Waals surface area contributed by atoms with Crippen LogP contribution in [0.25, 0.3) is 127 Å². The van der Waals surface area contributed by atoms with E-state index in [9.17, 15) is 11.0 Å². The van der Waals surface area contributed by atoms with Crippen LogP contribution in [0.4, 0.5) is 0 Å². The van der Waals surface area contributed by atoms with Gasteiger partial charge in [-0.1, -0.05) is 145 Å². The summed E-state index contributed by atoms with van der Waals surface area (Å²) in [7, 11) is 0. The Hall–Kier alpha value is -8.67. The molecule has 0 fully saturated rings. The molecule has 0 bridgehead atoms. The predicted octanol–water partition coefficient (Wildman–Crippen LogP) is 15.6. The molecule has 5 nitrogen and oxygen atoms in total. The van der Waals surface area contributed by atoms with Crippen molar-refractivity contribution in [2.45, 2.75) is 0 Å². The molecule has 0 saturated carbocycles. The first-order valence-electron chi connectivity index (χ1n) is 28.5. The highest BCUT2D eigenvalue weighted by Gasteiger charge is 2.24. The van der Waals surface area contributed by atoms with Crippen LogP contribution in [0.3, 0.4) is 0 Å². The Kier molecular flexibility index (Phi) is 4.81. The average Bonchev–Trinajstić information content (AvgIpc) is 4.33. The normalized spacial score (nSPS) is 15.6. The van der Waals surface area contributed by atoms with Gasteiger partial charge in [-0.25, -0.2) is 4.98 Å². The van der Waals surface area contributed by atoms with E-state index in [0.717, 1.165) is 32.6 Å². The number of para-hydroxylation sites is 7. The van der Waals surface area contributed by atoms with Crippen molar-refractivity contribution in [2.75, 3.05) is 0 Å². The zero-order chi connectivity index (χ0) is 55.8. The summed E-state index contributed by atoms with van der Waals surface area (Å²) in [5.41, 5.74) is 4.24. The molecule has 0 aliphatic carbocycles.